The lowest BCUT2D eigenvalue weighted by atomic mass is 10.1. The van der Waals surface area contributed by atoms with Gasteiger partial charge >= 0.3 is 0 Å². The second-order valence-electron chi connectivity index (χ2n) is 4.33. The minimum atomic E-state index is 0. The van der Waals surface area contributed by atoms with Crippen LogP contribution in [0.15, 0.2) is 55.0 Å². The number of aromatic nitrogens is 2. The van der Waals surface area contributed by atoms with Crippen molar-refractivity contribution in [3.63, 3.8) is 0 Å². The Hall–Kier alpha value is -1.51. The second kappa shape index (κ2) is 6.09. The van der Waals surface area contributed by atoms with Crippen molar-refractivity contribution in [2.24, 2.45) is 0 Å². The van der Waals surface area contributed by atoms with Crippen molar-refractivity contribution >= 4 is 34.8 Å². The molecule has 0 bridgehead atoms. The van der Waals surface area contributed by atoms with Crippen LogP contribution >= 0.6 is 24.0 Å². The van der Waals surface area contributed by atoms with Gasteiger partial charge < -0.3 is 4.57 Å². The Balaban J connectivity index is 0.00000133. The molecule has 1 heterocycles. The van der Waals surface area contributed by atoms with Crippen LogP contribution in [-0.4, -0.2) is 9.55 Å². The molecule has 19 heavy (non-hydrogen) atoms. The fourth-order valence-electron chi connectivity index (χ4n) is 2.14. The molecule has 0 aliphatic carbocycles. The number of benzene rings is 2. The molecule has 4 heteroatoms. The van der Waals surface area contributed by atoms with E-state index in [0.29, 0.717) is 5.88 Å². The number of fused-ring (bicyclic) bond motifs is 1. The summed E-state index contributed by atoms with van der Waals surface area (Å²) in [5.41, 5.74) is 2.31. The Kier molecular flexibility index (Phi) is 4.46. The zero-order chi connectivity index (χ0) is 12.4. The number of alkyl halides is 1. The molecule has 0 aliphatic heterocycles. The topological polar surface area (TPSA) is 17.8 Å². The van der Waals surface area contributed by atoms with Gasteiger partial charge in [0, 0.05) is 12.7 Å². The highest BCUT2D eigenvalue weighted by Gasteiger charge is 2.02. The van der Waals surface area contributed by atoms with Gasteiger partial charge in [-0.25, -0.2) is 4.98 Å². The fraction of sp³-hybridized carbons (Fsp3) is 0.133. The highest BCUT2D eigenvalue weighted by atomic mass is 35.5. The molecule has 0 saturated carbocycles. The van der Waals surface area contributed by atoms with E-state index in [0.717, 1.165) is 12.2 Å². The number of hydrogen-bond donors (Lipinski definition) is 0. The number of hydrogen-bond acceptors (Lipinski definition) is 1. The highest BCUT2D eigenvalue weighted by Crippen LogP contribution is 2.17. The maximum Gasteiger partial charge on any atom is 0.0951 e. The molecule has 2 nitrogen and oxygen atoms in total. The summed E-state index contributed by atoms with van der Waals surface area (Å²) in [6.45, 7) is 0.812. The maximum atomic E-state index is 5.87. The van der Waals surface area contributed by atoms with Gasteiger partial charge in [0.1, 0.15) is 0 Å². The molecule has 0 fully saturated rings. The van der Waals surface area contributed by atoms with Gasteiger partial charge in [-0.2, -0.15) is 0 Å². The first-order chi connectivity index (χ1) is 8.86. The second-order valence-corrected chi connectivity index (χ2v) is 4.60. The third-order valence-electron chi connectivity index (χ3n) is 3.10. The van der Waals surface area contributed by atoms with Crippen molar-refractivity contribution in [3.05, 3.63) is 66.2 Å². The molecule has 0 spiro atoms. The molecule has 3 rings (SSSR count). The summed E-state index contributed by atoms with van der Waals surface area (Å²) in [6.07, 6.45) is 3.64. The van der Waals surface area contributed by atoms with Crippen LogP contribution in [0, 0.1) is 0 Å². The van der Waals surface area contributed by atoms with E-state index in [1.54, 1.807) is 0 Å². The van der Waals surface area contributed by atoms with Crippen LogP contribution in [0.3, 0.4) is 0 Å². The monoisotopic (exact) mass is 292 g/mol. The first kappa shape index (κ1) is 13.9. The third-order valence-corrected chi connectivity index (χ3v) is 3.38. The summed E-state index contributed by atoms with van der Waals surface area (Å²) in [4.78, 5) is 4.13. The van der Waals surface area contributed by atoms with Crippen LogP contribution < -0.4 is 0 Å². The van der Waals surface area contributed by atoms with Gasteiger partial charge in [-0.1, -0.05) is 36.4 Å². The number of nitrogens with zero attached hydrogens (tertiary/aromatic N) is 2. The normalized spacial score (nSPS) is 10.4. The molecular formula is C15H14Cl2N2. The lowest BCUT2D eigenvalue weighted by Gasteiger charge is -2.07. The van der Waals surface area contributed by atoms with Gasteiger partial charge in [-0.05, 0) is 22.4 Å². The third kappa shape index (κ3) is 2.91. The smallest absolute Gasteiger partial charge is 0.0951 e. The van der Waals surface area contributed by atoms with Crippen molar-refractivity contribution in [2.75, 3.05) is 0 Å². The molecule has 0 atom stereocenters. The predicted molar refractivity (Wildman–Crippen MR) is 82.1 cm³/mol. The Morgan fingerprint density at radius 3 is 2.63 bits per heavy atom. The Bertz CT molecular complexity index is 676. The van der Waals surface area contributed by atoms with Gasteiger partial charge in [-0.15, -0.1) is 24.0 Å². The van der Waals surface area contributed by atoms with E-state index in [1.165, 1.54) is 16.3 Å². The fourth-order valence-corrected chi connectivity index (χ4v) is 2.36. The van der Waals surface area contributed by atoms with Crippen molar-refractivity contribution in [3.8, 4) is 0 Å². The molecule has 3 aromatic rings. The van der Waals surface area contributed by atoms with E-state index in [4.69, 9.17) is 11.6 Å². The first-order valence-corrected chi connectivity index (χ1v) is 6.43. The Labute approximate surface area is 123 Å². The average molecular weight is 293 g/mol. The summed E-state index contributed by atoms with van der Waals surface area (Å²) in [7, 11) is 0. The zero-order valence-corrected chi connectivity index (χ0v) is 11.9. The van der Waals surface area contributed by atoms with E-state index in [9.17, 15) is 0 Å². The van der Waals surface area contributed by atoms with Crippen LogP contribution in [0.4, 0.5) is 0 Å². The molecule has 0 aliphatic rings. The summed E-state index contributed by atoms with van der Waals surface area (Å²) >= 11 is 5.87. The van der Waals surface area contributed by atoms with Crippen molar-refractivity contribution in [2.45, 2.75) is 12.4 Å². The van der Waals surface area contributed by atoms with Gasteiger partial charge in [0.2, 0.25) is 0 Å². The number of imidazole rings is 1. The van der Waals surface area contributed by atoms with E-state index >= 15 is 0 Å². The molecule has 0 N–H and O–H groups in total. The highest BCUT2D eigenvalue weighted by molar-refractivity contribution is 6.16. The van der Waals surface area contributed by atoms with Crippen LogP contribution in [0.1, 0.15) is 11.3 Å². The van der Waals surface area contributed by atoms with Crippen LogP contribution in [0.2, 0.25) is 0 Å². The molecule has 1 aromatic heterocycles. The van der Waals surface area contributed by atoms with E-state index < -0.39 is 0 Å². The molecular weight excluding hydrogens is 279 g/mol. The Morgan fingerprint density at radius 1 is 1.05 bits per heavy atom. The molecule has 0 radical (unpaired) electrons. The molecule has 0 amide bonds. The van der Waals surface area contributed by atoms with Crippen molar-refractivity contribution in [1.29, 1.82) is 0 Å². The standard InChI is InChI=1S/C15H13ClN2.ClH/c16-8-15-9-17-11-18(15)10-12-5-6-13-3-1-2-4-14(13)7-12;/h1-7,9,11H,8,10H2;1H. The van der Waals surface area contributed by atoms with Crippen molar-refractivity contribution in [1.82, 2.24) is 9.55 Å². The SMILES string of the molecule is Cl.ClCc1cncn1Cc1ccc2ccccc2c1. The quantitative estimate of drug-likeness (QED) is 0.660. The van der Waals surface area contributed by atoms with E-state index in [-0.39, 0.29) is 12.4 Å². The van der Waals surface area contributed by atoms with Gasteiger partial charge in [0.15, 0.2) is 0 Å². The lowest BCUT2D eigenvalue weighted by Crippen LogP contribution is -2.01. The maximum absolute atomic E-state index is 5.87. The Morgan fingerprint density at radius 2 is 1.84 bits per heavy atom. The summed E-state index contributed by atoms with van der Waals surface area (Å²) in [6, 6.07) is 14.9. The summed E-state index contributed by atoms with van der Waals surface area (Å²) in [5.74, 6) is 0.494. The van der Waals surface area contributed by atoms with Crippen LogP contribution in [0.25, 0.3) is 10.8 Å². The number of rotatable bonds is 3. The van der Waals surface area contributed by atoms with E-state index in [1.807, 2.05) is 12.5 Å². The van der Waals surface area contributed by atoms with Gasteiger partial charge in [0.25, 0.3) is 0 Å². The van der Waals surface area contributed by atoms with Crippen molar-refractivity contribution < 1.29 is 0 Å². The minimum Gasteiger partial charge on any atom is -0.329 e. The largest absolute Gasteiger partial charge is 0.329 e. The first-order valence-electron chi connectivity index (χ1n) is 5.89. The zero-order valence-electron chi connectivity index (χ0n) is 10.3. The predicted octanol–water partition coefficient (Wildman–Crippen LogP) is 4.25. The van der Waals surface area contributed by atoms with Crippen LogP contribution in [0.5, 0.6) is 0 Å². The van der Waals surface area contributed by atoms with Crippen LogP contribution in [-0.2, 0) is 12.4 Å². The van der Waals surface area contributed by atoms with Gasteiger partial charge in [-0.3, -0.25) is 0 Å². The lowest BCUT2D eigenvalue weighted by molar-refractivity contribution is 0.766. The molecule has 0 saturated heterocycles. The summed E-state index contributed by atoms with van der Waals surface area (Å²) < 4.78 is 2.08. The van der Waals surface area contributed by atoms with Gasteiger partial charge in [0.05, 0.1) is 17.9 Å². The molecule has 98 valence electrons. The molecule has 0 unspecified atom stereocenters. The minimum absolute atomic E-state index is 0. The molecule has 2 aromatic carbocycles. The van der Waals surface area contributed by atoms with E-state index in [2.05, 4.69) is 52.0 Å². The number of halogens is 2. The average Bonchev–Trinajstić information content (AvgIpc) is 2.86. The summed E-state index contributed by atoms with van der Waals surface area (Å²) in [5, 5.41) is 2.53.